The van der Waals surface area contributed by atoms with Crippen molar-refractivity contribution < 1.29 is 8.78 Å². The van der Waals surface area contributed by atoms with Crippen LogP contribution >= 0.6 is 22.6 Å². The average Bonchev–Trinajstić information content (AvgIpc) is 2.82. The molecule has 1 unspecified atom stereocenters. The lowest BCUT2D eigenvalue weighted by atomic mass is 9.88. The van der Waals surface area contributed by atoms with E-state index >= 15 is 0 Å². The van der Waals surface area contributed by atoms with Crippen LogP contribution in [-0.4, -0.2) is 9.78 Å². The molecule has 0 aromatic carbocycles. The van der Waals surface area contributed by atoms with Gasteiger partial charge in [0.15, 0.2) is 0 Å². The van der Waals surface area contributed by atoms with Crippen LogP contribution in [0.25, 0.3) is 0 Å². The number of rotatable bonds is 11. The van der Waals surface area contributed by atoms with Gasteiger partial charge in [-0.3, -0.25) is 4.68 Å². The maximum absolute atomic E-state index is 13.2. The Morgan fingerprint density at radius 1 is 1.04 bits per heavy atom. The molecule has 0 fully saturated rings. The van der Waals surface area contributed by atoms with Crippen molar-refractivity contribution in [2.24, 2.45) is 0 Å². The summed E-state index contributed by atoms with van der Waals surface area (Å²) >= 11 is 2.18. The highest BCUT2D eigenvalue weighted by Crippen LogP contribution is 2.35. The van der Waals surface area contributed by atoms with Crippen molar-refractivity contribution in [2.75, 3.05) is 0 Å². The lowest BCUT2D eigenvalue weighted by Crippen LogP contribution is -2.32. The smallest absolute Gasteiger partial charge is 0.253 e. The highest BCUT2D eigenvalue weighted by atomic mass is 127. The largest absolute Gasteiger partial charge is 0.282 e. The molecule has 0 aliphatic heterocycles. The van der Waals surface area contributed by atoms with Gasteiger partial charge in [-0.25, -0.2) is 8.78 Å². The molecule has 1 aromatic rings. The Balaban J connectivity index is 2.93. The van der Waals surface area contributed by atoms with Gasteiger partial charge in [0.05, 0.1) is 5.54 Å². The Hall–Kier alpha value is -0.200. The highest BCUT2D eigenvalue weighted by Gasteiger charge is 2.31. The molecule has 0 saturated heterocycles. The van der Waals surface area contributed by atoms with E-state index in [4.69, 9.17) is 0 Å². The number of nitrogens with zero attached hydrogens (tertiary/aromatic N) is 2. The predicted octanol–water partition coefficient (Wildman–Crippen LogP) is 7.00. The monoisotopic (exact) mass is 440 g/mol. The van der Waals surface area contributed by atoms with Crippen LogP contribution in [0.1, 0.15) is 96.2 Å². The van der Waals surface area contributed by atoms with Crippen LogP contribution in [0, 0.1) is 10.6 Å². The molecular formula is C18H31F2IN2. The number of unbranched alkanes of at least 4 members (excludes halogenated alkanes) is 5. The van der Waals surface area contributed by atoms with E-state index in [0.29, 0.717) is 5.56 Å². The van der Waals surface area contributed by atoms with Gasteiger partial charge in [0.25, 0.3) is 6.43 Å². The molecule has 134 valence electrons. The highest BCUT2D eigenvalue weighted by molar-refractivity contribution is 14.1. The third kappa shape index (κ3) is 5.68. The van der Waals surface area contributed by atoms with Crippen molar-refractivity contribution >= 4 is 22.6 Å². The minimum Gasteiger partial charge on any atom is -0.253 e. The van der Waals surface area contributed by atoms with Crippen LogP contribution in [0.5, 0.6) is 0 Å². The van der Waals surface area contributed by atoms with E-state index in [9.17, 15) is 8.78 Å². The Morgan fingerprint density at radius 2 is 1.61 bits per heavy atom. The average molecular weight is 440 g/mol. The molecule has 0 spiro atoms. The summed E-state index contributed by atoms with van der Waals surface area (Å²) < 4.78 is 29.1. The fourth-order valence-electron chi connectivity index (χ4n) is 3.06. The van der Waals surface area contributed by atoms with Crippen molar-refractivity contribution in [1.29, 1.82) is 0 Å². The molecule has 1 atom stereocenters. The summed E-state index contributed by atoms with van der Waals surface area (Å²) in [4.78, 5) is 0. The van der Waals surface area contributed by atoms with Crippen molar-refractivity contribution in [2.45, 2.75) is 97.4 Å². The third-order valence-corrected chi connectivity index (χ3v) is 5.96. The standard InChI is InChI=1S/C18H31F2IN2/c1-5-7-9-10-11-13-18(4,12-8-6-2)23-17(21)14(3)15(22-23)16(19)20/h16H,5-13H2,1-4H3. The first-order valence-corrected chi connectivity index (χ1v) is 9.98. The zero-order valence-corrected chi connectivity index (χ0v) is 17.1. The molecule has 0 aliphatic carbocycles. The van der Waals surface area contributed by atoms with Crippen molar-refractivity contribution in [3.63, 3.8) is 0 Å². The molecule has 1 rings (SSSR count). The number of alkyl halides is 2. The zero-order chi connectivity index (χ0) is 17.5. The molecule has 0 aliphatic rings. The third-order valence-electron chi connectivity index (χ3n) is 4.69. The predicted molar refractivity (Wildman–Crippen MR) is 101 cm³/mol. The normalized spacial score (nSPS) is 14.4. The molecule has 1 heterocycles. The first-order valence-electron chi connectivity index (χ1n) is 8.91. The molecule has 0 radical (unpaired) electrons. The Kier molecular flexibility index (Phi) is 9.01. The van der Waals surface area contributed by atoms with E-state index in [1.165, 1.54) is 25.7 Å². The second-order valence-electron chi connectivity index (χ2n) is 6.78. The van der Waals surface area contributed by atoms with Crippen molar-refractivity contribution in [1.82, 2.24) is 9.78 Å². The van der Waals surface area contributed by atoms with E-state index in [0.717, 1.165) is 35.8 Å². The zero-order valence-electron chi connectivity index (χ0n) is 15.0. The van der Waals surface area contributed by atoms with E-state index in [1.807, 2.05) is 4.68 Å². The van der Waals surface area contributed by atoms with Crippen molar-refractivity contribution in [3.05, 3.63) is 15.0 Å². The molecule has 0 amide bonds. The SMILES string of the molecule is CCCCCCCC(C)(CCCC)n1nc(C(F)F)c(C)c1I. The van der Waals surface area contributed by atoms with E-state index < -0.39 is 6.43 Å². The fourth-order valence-corrected chi connectivity index (χ4v) is 4.03. The first-order chi connectivity index (χ1) is 10.9. The van der Waals surface area contributed by atoms with Gasteiger partial charge < -0.3 is 0 Å². The minimum atomic E-state index is -2.50. The first kappa shape index (κ1) is 20.8. The van der Waals surface area contributed by atoms with Gasteiger partial charge in [-0.15, -0.1) is 0 Å². The molecule has 2 nitrogen and oxygen atoms in total. The van der Waals surface area contributed by atoms with Crippen LogP contribution in [0.4, 0.5) is 8.78 Å². The van der Waals surface area contributed by atoms with Crippen LogP contribution in [0.2, 0.25) is 0 Å². The Bertz CT molecular complexity index is 474. The van der Waals surface area contributed by atoms with Gasteiger partial charge in [0, 0.05) is 5.56 Å². The van der Waals surface area contributed by atoms with Crippen LogP contribution < -0.4 is 0 Å². The molecule has 0 bridgehead atoms. The summed E-state index contributed by atoms with van der Waals surface area (Å²) in [5, 5.41) is 4.31. The number of halogens is 3. The van der Waals surface area contributed by atoms with Gasteiger partial charge >= 0.3 is 0 Å². The Labute approximate surface area is 153 Å². The molecule has 1 aromatic heterocycles. The molecule has 5 heteroatoms. The number of aromatic nitrogens is 2. The van der Waals surface area contributed by atoms with Gasteiger partial charge in [-0.05, 0) is 49.3 Å². The van der Waals surface area contributed by atoms with Crippen LogP contribution in [-0.2, 0) is 5.54 Å². The van der Waals surface area contributed by atoms with Gasteiger partial charge in [-0.2, -0.15) is 5.10 Å². The van der Waals surface area contributed by atoms with Crippen LogP contribution in [0.3, 0.4) is 0 Å². The maximum atomic E-state index is 13.2. The fraction of sp³-hybridized carbons (Fsp3) is 0.833. The Morgan fingerprint density at radius 3 is 2.13 bits per heavy atom. The van der Waals surface area contributed by atoms with E-state index in [1.54, 1.807) is 6.92 Å². The summed E-state index contributed by atoms with van der Waals surface area (Å²) in [7, 11) is 0. The summed E-state index contributed by atoms with van der Waals surface area (Å²) in [6.45, 7) is 8.33. The lowest BCUT2D eigenvalue weighted by molar-refractivity contribution is 0.140. The second kappa shape index (κ2) is 9.94. The summed E-state index contributed by atoms with van der Waals surface area (Å²) in [5.41, 5.74) is 0.425. The van der Waals surface area contributed by atoms with Crippen molar-refractivity contribution in [3.8, 4) is 0 Å². The molecule has 23 heavy (non-hydrogen) atoms. The number of hydrogen-bond acceptors (Lipinski definition) is 1. The quantitative estimate of drug-likeness (QED) is 0.268. The van der Waals surface area contributed by atoms with Crippen LogP contribution in [0.15, 0.2) is 0 Å². The summed E-state index contributed by atoms with van der Waals surface area (Å²) in [6.07, 6.45) is 7.86. The molecule has 0 saturated carbocycles. The lowest BCUT2D eigenvalue weighted by Gasteiger charge is -2.31. The number of hydrogen-bond donors (Lipinski definition) is 0. The molecular weight excluding hydrogens is 409 g/mol. The maximum Gasteiger partial charge on any atom is 0.282 e. The second-order valence-corrected chi connectivity index (χ2v) is 7.80. The summed E-state index contributed by atoms with van der Waals surface area (Å²) in [6, 6.07) is 0. The van der Waals surface area contributed by atoms with Gasteiger partial charge in [-0.1, -0.05) is 58.8 Å². The van der Waals surface area contributed by atoms with E-state index in [2.05, 4.69) is 48.5 Å². The topological polar surface area (TPSA) is 17.8 Å². The molecule has 0 N–H and O–H groups in total. The minimum absolute atomic E-state index is 0.0527. The van der Waals surface area contributed by atoms with Gasteiger partial charge in [0.2, 0.25) is 0 Å². The van der Waals surface area contributed by atoms with E-state index in [-0.39, 0.29) is 11.2 Å². The van der Waals surface area contributed by atoms with Gasteiger partial charge in [0.1, 0.15) is 9.39 Å². The summed E-state index contributed by atoms with van der Waals surface area (Å²) in [5.74, 6) is 0.